The molecule has 0 heterocycles. The Kier molecular flexibility index (Phi) is 5.46. The van der Waals surface area contributed by atoms with Gasteiger partial charge in [0.15, 0.2) is 0 Å². The minimum absolute atomic E-state index is 0.0505. The summed E-state index contributed by atoms with van der Waals surface area (Å²) in [5.74, 6) is 0.666. The van der Waals surface area contributed by atoms with Crippen LogP contribution in [0.5, 0.6) is 5.75 Å². The lowest BCUT2D eigenvalue weighted by atomic mass is 10.1. The van der Waals surface area contributed by atoms with Crippen molar-refractivity contribution >= 4 is 11.4 Å². The van der Waals surface area contributed by atoms with E-state index in [9.17, 15) is 5.11 Å². The van der Waals surface area contributed by atoms with E-state index in [1.807, 2.05) is 43.3 Å². The van der Waals surface area contributed by atoms with E-state index in [0.717, 1.165) is 12.1 Å². The highest BCUT2D eigenvalue weighted by Gasteiger charge is 2.10. The topological polar surface area (TPSA) is 67.5 Å². The minimum atomic E-state index is -0.0505. The molecule has 21 heavy (non-hydrogen) atoms. The van der Waals surface area contributed by atoms with Crippen molar-refractivity contribution in [1.82, 2.24) is 0 Å². The van der Waals surface area contributed by atoms with Crippen LogP contribution in [0.1, 0.15) is 12.5 Å². The van der Waals surface area contributed by atoms with Crippen LogP contribution in [-0.4, -0.2) is 24.4 Å². The molecular formula is C17H22N2O2. The van der Waals surface area contributed by atoms with Gasteiger partial charge in [0.2, 0.25) is 0 Å². The third-order valence-corrected chi connectivity index (χ3v) is 3.23. The lowest BCUT2D eigenvalue weighted by molar-refractivity contribution is 0.273. The van der Waals surface area contributed by atoms with E-state index < -0.39 is 0 Å². The maximum absolute atomic E-state index is 9.56. The van der Waals surface area contributed by atoms with E-state index in [1.165, 1.54) is 5.56 Å². The molecular weight excluding hydrogens is 264 g/mol. The molecule has 4 heteroatoms. The molecule has 0 saturated heterocycles. The number of hydrogen-bond donors (Lipinski definition) is 3. The first-order valence-corrected chi connectivity index (χ1v) is 7.16. The molecule has 0 radical (unpaired) electrons. The fourth-order valence-corrected chi connectivity index (χ4v) is 2.20. The maximum atomic E-state index is 9.56. The third kappa shape index (κ3) is 4.39. The van der Waals surface area contributed by atoms with Gasteiger partial charge < -0.3 is 20.9 Å². The number of nitrogens with one attached hydrogen (secondary N) is 1. The second kappa shape index (κ2) is 7.55. The van der Waals surface area contributed by atoms with Gasteiger partial charge in [-0.1, -0.05) is 30.3 Å². The monoisotopic (exact) mass is 286 g/mol. The molecule has 4 N–H and O–H groups in total. The SMILES string of the molecule is CCOc1cc(NC(CO)Cc2ccccc2)ccc1N. The Balaban J connectivity index is 2.06. The normalized spacial score (nSPS) is 11.9. The van der Waals surface area contributed by atoms with E-state index >= 15 is 0 Å². The van der Waals surface area contributed by atoms with Gasteiger partial charge in [0.05, 0.1) is 24.9 Å². The summed E-state index contributed by atoms with van der Waals surface area (Å²) in [6.07, 6.45) is 0.756. The average Bonchev–Trinajstić information content (AvgIpc) is 2.51. The van der Waals surface area contributed by atoms with Crippen molar-refractivity contribution in [3.05, 3.63) is 54.1 Å². The molecule has 4 nitrogen and oxygen atoms in total. The van der Waals surface area contributed by atoms with Crippen LogP contribution in [0.15, 0.2) is 48.5 Å². The van der Waals surface area contributed by atoms with Crippen LogP contribution in [0.25, 0.3) is 0 Å². The van der Waals surface area contributed by atoms with Crippen molar-refractivity contribution in [1.29, 1.82) is 0 Å². The van der Waals surface area contributed by atoms with Crippen LogP contribution in [0.4, 0.5) is 11.4 Å². The lowest BCUT2D eigenvalue weighted by Crippen LogP contribution is -2.26. The number of ether oxygens (including phenoxy) is 1. The first kappa shape index (κ1) is 15.2. The molecule has 0 aliphatic heterocycles. The summed E-state index contributed by atoms with van der Waals surface area (Å²) in [6.45, 7) is 2.55. The van der Waals surface area contributed by atoms with Crippen LogP contribution in [0.3, 0.4) is 0 Å². The molecule has 1 unspecified atom stereocenters. The fourth-order valence-electron chi connectivity index (χ4n) is 2.20. The van der Waals surface area contributed by atoms with Crippen LogP contribution >= 0.6 is 0 Å². The number of benzene rings is 2. The first-order valence-electron chi connectivity index (χ1n) is 7.16. The van der Waals surface area contributed by atoms with E-state index in [-0.39, 0.29) is 12.6 Å². The van der Waals surface area contributed by atoms with Gasteiger partial charge in [-0.2, -0.15) is 0 Å². The second-order valence-corrected chi connectivity index (χ2v) is 4.90. The highest BCUT2D eigenvalue weighted by Crippen LogP contribution is 2.26. The van der Waals surface area contributed by atoms with Gasteiger partial charge in [-0.15, -0.1) is 0 Å². The number of hydrogen-bond acceptors (Lipinski definition) is 4. The standard InChI is InChI=1S/C17H22N2O2/c1-2-21-17-11-14(8-9-16(17)18)19-15(12-20)10-13-6-4-3-5-7-13/h3-9,11,15,19-20H,2,10,12,18H2,1H3. The van der Waals surface area contributed by atoms with Crippen molar-refractivity contribution in [2.75, 3.05) is 24.3 Å². The largest absolute Gasteiger partial charge is 0.492 e. The summed E-state index contributed by atoms with van der Waals surface area (Å²) in [4.78, 5) is 0. The van der Waals surface area contributed by atoms with E-state index in [2.05, 4.69) is 17.4 Å². The molecule has 0 aliphatic carbocycles. The number of nitrogens with two attached hydrogens (primary N) is 1. The Labute approximate surface area is 125 Å². The Hall–Kier alpha value is -2.20. The van der Waals surface area contributed by atoms with Gasteiger partial charge in [0, 0.05) is 11.8 Å². The van der Waals surface area contributed by atoms with Crippen molar-refractivity contribution in [2.45, 2.75) is 19.4 Å². The summed E-state index contributed by atoms with van der Waals surface area (Å²) in [5.41, 5.74) is 8.55. The number of aliphatic hydroxyl groups excluding tert-OH is 1. The summed E-state index contributed by atoms with van der Waals surface area (Å²) in [5, 5.41) is 12.9. The summed E-state index contributed by atoms with van der Waals surface area (Å²) < 4.78 is 5.48. The van der Waals surface area contributed by atoms with Gasteiger partial charge in [-0.05, 0) is 31.0 Å². The Morgan fingerprint density at radius 3 is 2.62 bits per heavy atom. The van der Waals surface area contributed by atoms with Gasteiger partial charge >= 0.3 is 0 Å². The van der Waals surface area contributed by atoms with Gasteiger partial charge in [-0.25, -0.2) is 0 Å². The zero-order valence-corrected chi connectivity index (χ0v) is 12.3. The molecule has 2 aromatic rings. The fraction of sp³-hybridized carbons (Fsp3) is 0.294. The third-order valence-electron chi connectivity index (χ3n) is 3.23. The average molecular weight is 286 g/mol. The van der Waals surface area contributed by atoms with E-state index in [1.54, 1.807) is 0 Å². The Morgan fingerprint density at radius 1 is 1.19 bits per heavy atom. The second-order valence-electron chi connectivity index (χ2n) is 4.90. The first-order chi connectivity index (χ1) is 10.2. The van der Waals surface area contributed by atoms with Crippen molar-refractivity contribution < 1.29 is 9.84 Å². The highest BCUT2D eigenvalue weighted by molar-refractivity contribution is 5.61. The van der Waals surface area contributed by atoms with Gasteiger partial charge in [0.25, 0.3) is 0 Å². The molecule has 2 rings (SSSR count). The predicted octanol–water partition coefficient (Wildman–Crippen LogP) is 2.68. The van der Waals surface area contributed by atoms with Gasteiger partial charge in [0.1, 0.15) is 5.75 Å². The summed E-state index contributed by atoms with van der Waals surface area (Å²) in [7, 11) is 0. The molecule has 0 aromatic heterocycles. The van der Waals surface area contributed by atoms with Crippen LogP contribution in [-0.2, 0) is 6.42 Å². The Morgan fingerprint density at radius 2 is 1.95 bits per heavy atom. The zero-order chi connectivity index (χ0) is 15.1. The van der Waals surface area contributed by atoms with Crippen LogP contribution in [0.2, 0.25) is 0 Å². The molecule has 0 bridgehead atoms. The van der Waals surface area contributed by atoms with Crippen LogP contribution in [0, 0.1) is 0 Å². The summed E-state index contributed by atoms with van der Waals surface area (Å²) in [6, 6.07) is 15.6. The molecule has 0 spiro atoms. The molecule has 0 fully saturated rings. The quantitative estimate of drug-likeness (QED) is 0.685. The van der Waals surface area contributed by atoms with Crippen molar-refractivity contribution in [2.24, 2.45) is 0 Å². The number of rotatable bonds is 7. The maximum Gasteiger partial charge on any atom is 0.144 e. The van der Waals surface area contributed by atoms with E-state index in [0.29, 0.717) is 18.0 Å². The molecule has 112 valence electrons. The number of nitrogen functional groups attached to an aromatic ring is 1. The highest BCUT2D eigenvalue weighted by atomic mass is 16.5. The van der Waals surface area contributed by atoms with E-state index in [4.69, 9.17) is 10.5 Å². The van der Waals surface area contributed by atoms with Crippen LogP contribution < -0.4 is 15.8 Å². The number of anilines is 2. The predicted molar refractivity (Wildman–Crippen MR) is 86.7 cm³/mol. The van der Waals surface area contributed by atoms with Crippen molar-refractivity contribution in [3.8, 4) is 5.75 Å². The lowest BCUT2D eigenvalue weighted by Gasteiger charge is -2.19. The van der Waals surface area contributed by atoms with Gasteiger partial charge in [-0.3, -0.25) is 0 Å². The Bertz CT molecular complexity index is 558. The zero-order valence-electron chi connectivity index (χ0n) is 12.3. The van der Waals surface area contributed by atoms with Crippen molar-refractivity contribution in [3.63, 3.8) is 0 Å². The minimum Gasteiger partial charge on any atom is -0.492 e. The smallest absolute Gasteiger partial charge is 0.144 e. The molecule has 2 aromatic carbocycles. The molecule has 0 saturated carbocycles. The molecule has 1 atom stereocenters. The molecule has 0 amide bonds. The number of aliphatic hydroxyl groups is 1. The molecule has 0 aliphatic rings. The summed E-state index contributed by atoms with van der Waals surface area (Å²) >= 11 is 0.